The number of nitrogens with one attached hydrogen (secondary N) is 2. The Kier molecular flexibility index (Phi) is 5.65. The zero-order valence-electron chi connectivity index (χ0n) is 9.46. The second kappa shape index (κ2) is 6.80. The number of aliphatic hydroxyl groups excluding tert-OH is 1. The fourth-order valence-electron chi connectivity index (χ4n) is 1.91. The van der Waals surface area contributed by atoms with Crippen molar-refractivity contribution < 1.29 is 9.90 Å². The van der Waals surface area contributed by atoms with E-state index >= 15 is 0 Å². The number of carbonyl (C=O) groups is 1. The minimum absolute atomic E-state index is 0.0362. The van der Waals surface area contributed by atoms with Gasteiger partial charge in [-0.05, 0) is 38.3 Å². The first-order chi connectivity index (χ1) is 7.26. The van der Waals surface area contributed by atoms with Crippen LogP contribution in [0.3, 0.4) is 0 Å². The van der Waals surface area contributed by atoms with Gasteiger partial charge in [-0.3, -0.25) is 4.79 Å². The Bertz CT molecular complexity index is 187. The molecule has 0 bridgehead atoms. The maximum atomic E-state index is 11.6. The topological polar surface area (TPSA) is 61.4 Å². The van der Waals surface area contributed by atoms with Crippen LogP contribution in [0.15, 0.2) is 0 Å². The van der Waals surface area contributed by atoms with Crippen LogP contribution in [0, 0.1) is 5.92 Å². The number of aliphatic hydroxyl groups is 1. The van der Waals surface area contributed by atoms with E-state index in [4.69, 9.17) is 5.11 Å². The summed E-state index contributed by atoms with van der Waals surface area (Å²) in [4.78, 5) is 11.6. The number of amides is 1. The third kappa shape index (κ3) is 4.62. The average Bonchev–Trinajstić information content (AvgIpc) is 2.27. The Labute approximate surface area is 91.4 Å². The number of piperidine rings is 1. The van der Waals surface area contributed by atoms with Crippen LogP contribution in [-0.4, -0.2) is 36.8 Å². The molecule has 4 nitrogen and oxygen atoms in total. The molecule has 0 saturated carbocycles. The Morgan fingerprint density at radius 3 is 2.73 bits per heavy atom. The number of rotatable bonds is 5. The predicted octanol–water partition coefficient (Wildman–Crippen LogP) is 0.263. The Hall–Kier alpha value is -0.610. The normalized spacial score (nSPS) is 19.9. The highest BCUT2D eigenvalue weighted by molar-refractivity contribution is 5.76. The molecule has 88 valence electrons. The van der Waals surface area contributed by atoms with Gasteiger partial charge in [0.15, 0.2) is 0 Å². The second-order valence-electron chi connectivity index (χ2n) is 4.25. The summed E-state index contributed by atoms with van der Waals surface area (Å²) < 4.78 is 0. The van der Waals surface area contributed by atoms with Crippen LogP contribution in [0.2, 0.25) is 0 Å². The molecule has 1 heterocycles. The molecule has 1 rings (SSSR count). The van der Waals surface area contributed by atoms with Crippen LogP contribution >= 0.6 is 0 Å². The van der Waals surface area contributed by atoms with Crippen molar-refractivity contribution in [3.63, 3.8) is 0 Å². The highest BCUT2D eigenvalue weighted by Gasteiger charge is 2.17. The van der Waals surface area contributed by atoms with Gasteiger partial charge in [0.25, 0.3) is 0 Å². The molecule has 0 aliphatic carbocycles. The molecule has 1 atom stereocenters. The SMILES string of the molecule is CC[C@@H](CO)NC(=O)CC1CCNCC1. The maximum Gasteiger partial charge on any atom is 0.220 e. The molecule has 0 spiro atoms. The Morgan fingerprint density at radius 2 is 2.20 bits per heavy atom. The van der Waals surface area contributed by atoms with E-state index in [2.05, 4.69) is 10.6 Å². The highest BCUT2D eigenvalue weighted by Crippen LogP contribution is 2.15. The second-order valence-corrected chi connectivity index (χ2v) is 4.25. The fraction of sp³-hybridized carbons (Fsp3) is 0.909. The van der Waals surface area contributed by atoms with Gasteiger partial charge in [-0.25, -0.2) is 0 Å². The Morgan fingerprint density at radius 1 is 1.53 bits per heavy atom. The van der Waals surface area contributed by atoms with Gasteiger partial charge in [0.1, 0.15) is 0 Å². The molecule has 1 saturated heterocycles. The minimum atomic E-state index is -0.0702. The molecule has 0 unspecified atom stereocenters. The Balaban J connectivity index is 2.21. The molecule has 3 N–H and O–H groups in total. The summed E-state index contributed by atoms with van der Waals surface area (Å²) in [6, 6.07) is -0.0702. The van der Waals surface area contributed by atoms with Crippen molar-refractivity contribution in [1.82, 2.24) is 10.6 Å². The molecular weight excluding hydrogens is 192 g/mol. The molecule has 15 heavy (non-hydrogen) atoms. The van der Waals surface area contributed by atoms with Gasteiger partial charge in [0.05, 0.1) is 12.6 Å². The van der Waals surface area contributed by atoms with E-state index in [1.165, 1.54) is 0 Å². The largest absolute Gasteiger partial charge is 0.394 e. The van der Waals surface area contributed by atoms with Gasteiger partial charge in [-0.15, -0.1) is 0 Å². The van der Waals surface area contributed by atoms with E-state index in [0.29, 0.717) is 12.3 Å². The molecule has 1 fully saturated rings. The first-order valence-electron chi connectivity index (χ1n) is 5.87. The van der Waals surface area contributed by atoms with Crippen LogP contribution in [0.25, 0.3) is 0 Å². The van der Waals surface area contributed by atoms with Crippen molar-refractivity contribution in [2.24, 2.45) is 5.92 Å². The van der Waals surface area contributed by atoms with Crippen molar-refractivity contribution in [2.45, 2.75) is 38.6 Å². The van der Waals surface area contributed by atoms with Crippen LogP contribution in [-0.2, 0) is 4.79 Å². The van der Waals surface area contributed by atoms with E-state index in [1.54, 1.807) is 0 Å². The molecule has 1 amide bonds. The van der Waals surface area contributed by atoms with Gasteiger partial charge in [0, 0.05) is 6.42 Å². The van der Waals surface area contributed by atoms with E-state index in [-0.39, 0.29) is 18.6 Å². The van der Waals surface area contributed by atoms with Crippen LogP contribution in [0.5, 0.6) is 0 Å². The van der Waals surface area contributed by atoms with Crippen molar-refractivity contribution in [1.29, 1.82) is 0 Å². The standard InChI is InChI=1S/C11H22N2O2/c1-2-10(8-14)13-11(15)7-9-3-5-12-6-4-9/h9-10,12,14H,2-8H2,1H3,(H,13,15)/t10-/m0/s1. The van der Waals surface area contributed by atoms with E-state index in [9.17, 15) is 4.79 Å². The lowest BCUT2D eigenvalue weighted by Crippen LogP contribution is -2.39. The summed E-state index contributed by atoms with van der Waals surface area (Å²) in [6.45, 7) is 4.05. The van der Waals surface area contributed by atoms with Gasteiger partial charge < -0.3 is 15.7 Å². The molecule has 0 radical (unpaired) electrons. The fourth-order valence-corrected chi connectivity index (χ4v) is 1.91. The summed E-state index contributed by atoms with van der Waals surface area (Å²) in [5, 5.41) is 15.1. The highest BCUT2D eigenvalue weighted by atomic mass is 16.3. The van der Waals surface area contributed by atoms with Gasteiger partial charge in [-0.1, -0.05) is 6.92 Å². The van der Waals surface area contributed by atoms with Gasteiger partial charge >= 0.3 is 0 Å². The van der Waals surface area contributed by atoms with Crippen LogP contribution in [0.4, 0.5) is 0 Å². The van der Waals surface area contributed by atoms with Crippen molar-refractivity contribution in [3.8, 4) is 0 Å². The summed E-state index contributed by atoms with van der Waals surface area (Å²) in [5.41, 5.74) is 0. The third-order valence-corrected chi connectivity index (χ3v) is 3.01. The van der Waals surface area contributed by atoms with E-state index in [0.717, 1.165) is 32.4 Å². The average molecular weight is 214 g/mol. The first kappa shape index (κ1) is 12.5. The van der Waals surface area contributed by atoms with Crippen molar-refractivity contribution in [2.75, 3.05) is 19.7 Å². The zero-order chi connectivity index (χ0) is 11.1. The molecule has 1 aliphatic heterocycles. The summed E-state index contributed by atoms with van der Waals surface area (Å²) in [6.07, 6.45) is 3.57. The monoisotopic (exact) mass is 214 g/mol. The van der Waals surface area contributed by atoms with Crippen molar-refractivity contribution in [3.05, 3.63) is 0 Å². The quantitative estimate of drug-likeness (QED) is 0.615. The number of hydrogen-bond acceptors (Lipinski definition) is 3. The molecule has 0 aromatic rings. The molecule has 0 aromatic heterocycles. The van der Waals surface area contributed by atoms with Crippen LogP contribution in [0.1, 0.15) is 32.6 Å². The predicted molar refractivity (Wildman–Crippen MR) is 59.5 cm³/mol. The lowest BCUT2D eigenvalue weighted by atomic mass is 9.94. The smallest absolute Gasteiger partial charge is 0.220 e. The molecular formula is C11H22N2O2. The number of carbonyl (C=O) groups excluding carboxylic acids is 1. The zero-order valence-corrected chi connectivity index (χ0v) is 9.46. The maximum absolute atomic E-state index is 11.6. The van der Waals surface area contributed by atoms with Crippen LogP contribution < -0.4 is 10.6 Å². The van der Waals surface area contributed by atoms with Gasteiger partial charge in [0.2, 0.25) is 5.91 Å². The molecule has 4 heteroatoms. The minimum Gasteiger partial charge on any atom is -0.394 e. The summed E-state index contributed by atoms with van der Waals surface area (Å²) >= 11 is 0. The third-order valence-electron chi connectivity index (χ3n) is 3.01. The number of hydrogen-bond donors (Lipinski definition) is 3. The van der Waals surface area contributed by atoms with Gasteiger partial charge in [-0.2, -0.15) is 0 Å². The lowest BCUT2D eigenvalue weighted by molar-refractivity contribution is -0.123. The first-order valence-corrected chi connectivity index (χ1v) is 5.87. The molecule has 1 aliphatic rings. The van der Waals surface area contributed by atoms with E-state index in [1.807, 2.05) is 6.92 Å². The van der Waals surface area contributed by atoms with E-state index < -0.39 is 0 Å². The summed E-state index contributed by atoms with van der Waals surface area (Å²) in [7, 11) is 0. The molecule has 0 aromatic carbocycles. The lowest BCUT2D eigenvalue weighted by Gasteiger charge is -2.23. The summed E-state index contributed by atoms with van der Waals surface area (Å²) in [5.74, 6) is 0.602. The van der Waals surface area contributed by atoms with Crippen molar-refractivity contribution >= 4 is 5.91 Å².